The molecule has 25 heavy (non-hydrogen) atoms. The Hall–Kier alpha value is -2.40. The molecule has 5 nitrogen and oxygen atoms in total. The summed E-state index contributed by atoms with van der Waals surface area (Å²) in [6, 6.07) is 16.3. The van der Waals surface area contributed by atoms with Crippen LogP contribution in [0.25, 0.3) is 0 Å². The van der Waals surface area contributed by atoms with Crippen LogP contribution in [0.15, 0.2) is 54.7 Å². The summed E-state index contributed by atoms with van der Waals surface area (Å²) in [5.41, 5.74) is 1.26. The van der Waals surface area contributed by atoms with Crippen LogP contribution in [-0.2, 0) is 4.79 Å². The zero-order valence-electron chi connectivity index (χ0n) is 14.8. The van der Waals surface area contributed by atoms with E-state index in [1.54, 1.807) is 0 Å². The molecule has 0 radical (unpaired) electrons. The number of anilines is 1. The minimum absolute atomic E-state index is 0.106. The van der Waals surface area contributed by atoms with E-state index in [4.69, 9.17) is 0 Å². The van der Waals surface area contributed by atoms with Crippen LogP contribution in [0.3, 0.4) is 0 Å². The molecule has 1 amide bonds. The van der Waals surface area contributed by atoms with Gasteiger partial charge in [0.2, 0.25) is 5.91 Å². The van der Waals surface area contributed by atoms with Crippen molar-refractivity contribution in [1.82, 2.24) is 15.2 Å². The molecule has 1 fully saturated rings. The minimum atomic E-state index is 0.106. The second kappa shape index (κ2) is 8.62. The van der Waals surface area contributed by atoms with E-state index in [2.05, 4.69) is 39.2 Å². The Balaban J connectivity index is 1.39. The van der Waals surface area contributed by atoms with Crippen LogP contribution in [-0.4, -0.2) is 55.1 Å². The van der Waals surface area contributed by atoms with E-state index in [0.29, 0.717) is 19.0 Å². The summed E-state index contributed by atoms with van der Waals surface area (Å²) in [5.74, 6) is 1.45. The van der Waals surface area contributed by atoms with Crippen LogP contribution in [0.4, 0.5) is 5.82 Å². The molecule has 2 aromatic rings. The van der Waals surface area contributed by atoms with Crippen molar-refractivity contribution in [2.45, 2.75) is 12.8 Å². The standard InChI is InChI=1S/C20H26N4O/c1-17(18-7-3-2-4-8-18)15-22-20(25)16-23-11-13-24(14-12-23)19-9-5-6-10-21-19/h2-10,17H,11-16H2,1H3,(H,22,25)/t17-/m1/s1. The van der Waals surface area contributed by atoms with Gasteiger partial charge in [0.15, 0.2) is 0 Å². The maximum Gasteiger partial charge on any atom is 0.234 e. The molecule has 1 aliphatic rings. The van der Waals surface area contributed by atoms with Gasteiger partial charge in [0.25, 0.3) is 0 Å². The van der Waals surface area contributed by atoms with Gasteiger partial charge in [-0.15, -0.1) is 0 Å². The summed E-state index contributed by atoms with van der Waals surface area (Å²) < 4.78 is 0. The van der Waals surface area contributed by atoms with Crippen LogP contribution in [0.2, 0.25) is 0 Å². The molecule has 1 atom stereocenters. The molecular formula is C20H26N4O. The Morgan fingerprint density at radius 1 is 1.08 bits per heavy atom. The highest BCUT2D eigenvalue weighted by Crippen LogP contribution is 2.14. The van der Waals surface area contributed by atoms with E-state index in [9.17, 15) is 4.79 Å². The van der Waals surface area contributed by atoms with Crippen molar-refractivity contribution in [3.8, 4) is 0 Å². The summed E-state index contributed by atoms with van der Waals surface area (Å²) in [6.45, 7) is 6.88. The van der Waals surface area contributed by atoms with Crippen LogP contribution in [0.5, 0.6) is 0 Å². The number of carbonyl (C=O) groups is 1. The first-order valence-electron chi connectivity index (χ1n) is 8.92. The van der Waals surface area contributed by atoms with E-state index >= 15 is 0 Å². The third-order valence-corrected chi connectivity index (χ3v) is 4.69. The zero-order chi connectivity index (χ0) is 17.5. The molecule has 1 N–H and O–H groups in total. The SMILES string of the molecule is C[C@H](CNC(=O)CN1CCN(c2ccccn2)CC1)c1ccccc1. The van der Waals surface area contributed by atoms with Gasteiger partial charge in [0.05, 0.1) is 6.54 Å². The van der Waals surface area contributed by atoms with E-state index in [-0.39, 0.29) is 5.91 Å². The van der Waals surface area contributed by atoms with E-state index in [1.807, 2.05) is 42.6 Å². The lowest BCUT2D eigenvalue weighted by molar-refractivity contribution is -0.122. The molecule has 0 unspecified atom stereocenters. The topological polar surface area (TPSA) is 48.5 Å². The van der Waals surface area contributed by atoms with Gasteiger partial charge >= 0.3 is 0 Å². The summed E-state index contributed by atoms with van der Waals surface area (Å²) in [7, 11) is 0. The van der Waals surface area contributed by atoms with Crippen LogP contribution >= 0.6 is 0 Å². The van der Waals surface area contributed by atoms with Crippen molar-refractivity contribution in [3.63, 3.8) is 0 Å². The van der Waals surface area contributed by atoms with Crippen molar-refractivity contribution in [2.24, 2.45) is 0 Å². The quantitative estimate of drug-likeness (QED) is 0.876. The largest absolute Gasteiger partial charge is 0.354 e. The summed E-state index contributed by atoms with van der Waals surface area (Å²) >= 11 is 0. The van der Waals surface area contributed by atoms with Crippen molar-refractivity contribution >= 4 is 11.7 Å². The van der Waals surface area contributed by atoms with Crippen molar-refractivity contribution in [1.29, 1.82) is 0 Å². The van der Waals surface area contributed by atoms with Gasteiger partial charge in [-0.2, -0.15) is 0 Å². The molecule has 0 spiro atoms. The van der Waals surface area contributed by atoms with Gasteiger partial charge in [0, 0.05) is 38.9 Å². The monoisotopic (exact) mass is 338 g/mol. The van der Waals surface area contributed by atoms with Crippen molar-refractivity contribution in [3.05, 3.63) is 60.3 Å². The number of nitrogens with zero attached hydrogens (tertiary/aromatic N) is 3. The molecule has 1 aliphatic heterocycles. The average Bonchev–Trinajstić information content (AvgIpc) is 2.68. The fourth-order valence-electron chi connectivity index (χ4n) is 3.10. The van der Waals surface area contributed by atoms with Crippen molar-refractivity contribution < 1.29 is 4.79 Å². The molecule has 2 heterocycles. The highest BCUT2D eigenvalue weighted by Gasteiger charge is 2.19. The summed E-state index contributed by atoms with van der Waals surface area (Å²) in [4.78, 5) is 21.1. The Bertz CT molecular complexity index is 654. The predicted molar refractivity (Wildman–Crippen MR) is 101 cm³/mol. The number of hydrogen-bond donors (Lipinski definition) is 1. The van der Waals surface area contributed by atoms with Gasteiger partial charge in [-0.3, -0.25) is 9.69 Å². The third kappa shape index (κ3) is 5.03. The van der Waals surface area contributed by atoms with Crippen LogP contribution < -0.4 is 10.2 Å². The highest BCUT2D eigenvalue weighted by molar-refractivity contribution is 5.78. The van der Waals surface area contributed by atoms with E-state index in [1.165, 1.54) is 5.56 Å². The van der Waals surface area contributed by atoms with E-state index in [0.717, 1.165) is 32.0 Å². The number of benzene rings is 1. The highest BCUT2D eigenvalue weighted by atomic mass is 16.2. The molecule has 1 aromatic heterocycles. The first kappa shape index (κ1) is 17.4. The zero-order valence-corrected chi connectivity index (χ0v) is 14.8. The van der Waals surface area contributed by atoms with Gasteiger partial charge in [-0.05, 0) is 23.6 Å². The molecule has 0 saturated carbocycles. The molecule has 1 saturated heterocycles. The number of hydrogen-bond acceptors (Lipinski definition) is 4. The molecule has 3 rings (SSSR count). The molecule has 0 aliphatic carbocycles. The molecule has 5 heteroatoms. The number of amides is 1. The second-order valence-electron chi connectivity index (χ2n) is 6.57. The predicted octanol–water partition coefficient (Wildman–Crippen LogP) is 2.12. The lowest BCUT2D eigenvalue weighted by Gasteiger charge is -2.35. The van der Waals surface area contributed by atoms with Gasteiger partial charge < -0.3 is 10.2 Å². The molecular weight excluding hydrogens is 312 g/mol. The molecule has 1 aromatic carbocycles. The fourth-order valence-corrected chi connectivity index (χ4v) is 3.10. The molecule has 0 bridgehead atoms. The smallest absolute Gasteiger partial charge is 0.234 e. The van der Waals surface area contributed by atoms with Crippen molar-refractivity contribution in [2.75, 3.05) is 44.2 Å². The van der Waals surface area contributed by atoms with Gasteiger partial charge in [-0.1, -0.05) is 43.3 Å². The first-order valence-corrected chi connectivity index (χ1v) is 8.92. The number of rotatable bonds is 6. The normalized spacial score (nSPS) is 16.4. The Morgan fingerprint density at radius 2 is 1.80 bits per heavy atom. The van der Waals surface area contributed by atoms with Crippen LogP contribution in [0, 0.1) is 0 Å². The lowest BCUT2D eigenvalue weighted by atomic mass is 10.0. The first-order chi connectivity index (χ1) is 12.2. The lowest BCUT2D eigenvalue weighted by Crippen LogP contribution is -2.50. The molecule has 132 valence electrons. The Morgan fingerprint density at radius 3 is 2.48 bits per heavy atom. The van der Waals surface area contributed by atoms with Crippen LogP contribution in [0.1, 0.15) is 18.4 Å². The number of pyridine rings is 1. The third-order valence-electron chi connectivity index (χ3n) is 4.69. The number of aromatic nitrogens is 1. The average molecular weight is 338 g/mol. The number of piperazine rings is 1. The minimum Gasteiger partial charge on any atom is -0.354 e. The fraction of sp³-hybridized carbons (Fsp3) is 0.400. The second-order valence-corrected chi connectivity index (χ2v) is 6.57. The number of nitrogens with one attached hydrogen (secondary N) is 1. The summed E-state index contributed by atoms with van der Waals surface area (Å²) in [5, 5.41) is 3.06. The Labute approximate surface area is 149 Å². The number of carbonyl (C=O) groups excluding carboxylic acids is 1. The summed E-state index contributed by atoms with van der Waals surface area (Å²) in [6.07, 6.45) is 1.82. The maximum atomic E-state index is 12.2. The maximum absolute atomic E-state index is 12.2. The Kier molecular flexibility index (Phi) is 6.01. The van der Waals surface area contributed by atoms with Gasteiger partial charge in [-0.25, -0.2) is 4.98 Å². The van der Waals surface area contributed by atoms with E-state index < -0.39 is 0 Å². The van der Waals surface area contributed by atoms with Gasteiger partial charge in [0.1, 0.15) is 5.82 Å².